The molecule has 0 unspecified atom stereocenters. The summed E-state index contributed by atoms with van der Waals surface area (Å²) in [7, 11) is 0. The molecule has 21 heavy (non-hydrogen) atoms. The maximum atomic E-state index is 12.5. The number of hydrogen-bond donors (Lipinski definition) is 0. The fraction of sp³-hybridized carbons (Fsp3) is 0.611. The molecule has 2 aliphatic rings. The molecule has 2 fully saturated rings. The van der Waals surface area contributed by atoms with Gasteiger partial charge in [0.1, 0.15) is 0 Å². The molecular weight excluding hydrogens is 260 g/mol. The van der Waals surface area contributed by atoms with Gasteiger partial charge in [-0.25, -0.2) is 0 Å². The minimum atomic E-state index is 0.270. The second kappa shape index (κ2) is 6.29. The largest absolute Gasteiger partial charge is 0.301 e. The van der Waals surface area contributed by atoms with Crippen LogP contribution in [-0.2, 0) is 0 Å². The average molecular weight is 286 g/mol. The van der Waals surface area contributed by atoms with Gasteiger partial charge in [-0.15, -0.1) is 0 Å². The van der Waals surface area contributed by atoms with Gasteiger partial charge in [-0.2, -0.15) is 0 Å². The summed E-state index contributed by atoms with van der Waals surface area (Å²) in [5, 5.41) is 0. The molecule has 1 aromatic rings. The summed E-state index contributed by atoms with van der Waals surface area (Å²) in [4.78, 5) is 17.4. The van der Waals surface area contributed by atoms with Gasteiger partial charge in [0.25, 0.3) is 0 Å². The summed E-state index contributed by atoms with van der Waals surface area (Å²) in [6.45, 7) is 10.2. The Morgan fingerprint density at radius 3 is 2.43 bits per heavy atom. The molecule has 0 radical (unpaired) electrons. The second-order valence-electron chi connectivity index (χ2n) is 6.76. The van der Waals surface area contributed by atoms with Crippen molar-refractivity contribution >= 4 is 5.78 Å². The molecule has 3 heteroatoms. The van der Waals surface area contributed by atoms with E-state index in [-0.39, 0.29) is 5.78 Å². The van der Waals surface area contributed by atoms with Gasteiger partial charge in [0, 0.05) is 38.3 Å². The number of rotatable bonds is 5. The van der Waals surface area contributed by atoms with Crippen molar-refractivity contribution in [1.29, 1.82) is 0 Å². The minimum Gasteiger partial charge on any atom is -0.301 e. The molecule has 1 aromatic carbocycles. The van der Waals surface area contributed by atoms with Crippen molar-refractivity contribution in [3.8, 4) is 0 Å². The highest BCUT2D eigenvalue weighted by Gasteiger charge is 2.27. The van der Waals surface area contributed by atoms with Crippen LogP contribution in [0.15, 0.2) is 18.2 Å². The van der Waals surface area contributed by atoms with Crippen LogP contribution >= 0.6 is 0 Å². The van der Waals surface area contributed by atoms with Crippen LogP contribution in [0.1, 0.15) is 34.3 Å². The Kier molecular flexibility index (Phi) is 4.41. The van der Waals surface area contributed by atoms with Crippen LogP contribution in [-0.4, -0.2) is 54.9 Å². The van der Waals surface area contributed by atoms with Crippen LogP contribution in [0.4, 0.5) is 0 Å². The molecule has 3 rings (SSSR count). The molecule has 0 atom stereocenters. The lowest BCUT2D eigenvalue weighted by atomic mass is 10.0. The smallest absolute Gasteiger partial charge is 0.177 e. The second-order valence-corrected chi connectivity index (χ2v) is 6.76. The van der Waals surface area contributed by atoms with Crippen LogP contribution in [0.3, 0.4) is 0 Å². The lowest BCUT2D eigenvalue weighted by Crippen LogP contribution is -2.48. The normalized spacial score (nSPS) is 20.7. The van der Waals surface area contributed by atoms with Gasteiger partial charge >= 0.3 is 0 Å². The first-order valence-electron chi connectivity index (χ1n) is 8.17. The third kappa shape index (κ3) is 3.92. The molecular formula is C18H26N2O. The maximum Gasteiger partial charge on any atom is 0.177 e. The van der Waals surface area contributed by atoms with Crippen molar-refractivity contribution in [3.05, 3.63) is 34.9 Å². The summed E-state index contributed by atoms with van der Waals surface area (Å²) < 4.78 is 0. The quantitative estimate of drug-likeness (QED) is 0.777. The lowest BCUT2D eigenvalue weighted by molar-refractivity contribution is 0.0846. The summed E-state index contributed by atoms with van der Waals surface area (Å²) >= 11 is 0. The van der Waals surface area contributed by atoms with E-state index in [9.17, 15) is 4.79 Å². The Morgan fingerprint density at radius 2 is 1.76 bits per heavy atom. The van der Waals surface area contributed by atoms with Crippen LogP contribution < -0.4 is 0 Å². The first kappa shape index (κ1) is 14.7. The number of Topliss-reactive ketones (excluding diaryl/α,β-unsaturated/α-hetero) is 1. The van der Waals surface area contributed by atoms with E-state index >= 15 is 0 Å². The third-order valence-corrected chi connectivity index (χ3v) is 4.74. The van der Waals surface area contributed by atoms with Crippen LogP contribution in [0.5, 0.6) is 0 Å². The summed E-state index contributed by atoms with van der Waals surface area (Å²) in [5.74, 6) is 1.24. The Balaban J connectivity index is 1.52. The zero-order chi connectivity index (χ0) is 14.8. The first-order valence-corrected chi connectivity index (χ1v) is 8.17. The molecule has 3 nitrogen and oxygen atoms in total. The molecule has 0 aromatic heterocycles. The van der Waals surface area contributed by atoms with Gasteiger partial charge in [0.2, 0.25) is 0 Å². The average Bonchev–Trinajstić information content (AvgIpc) is 3.27. The number of hydrogen-bond acceptors (Lipinski definition) is 3. The van der Waals surface area contributed by atoms with Gasteiger partial charge in [0.05, 0.1) is 6.54 Å². The number of ketones is 1. The summed E-state index contributed by atoms with van der Waals surface area (Å²) in [5.41, 5.74) is 3.16. The highest BCUT2D eigenvalue weighted by atomic mass is 16.1. The molecule has 114 valence electrons. The molecule has 1 aliphatic carbocycles. The molecule has 0 amide bonds. The lowest BCUT2D eigenvalue weighted by Gasteiger charge is -2.34. The Bertz CT molecular complexity index is 514. The monoisotopic (exact) mass is 286 g/mol. The predicted octanol–water partition coefficient (Wildman–Crippen LogP) is 2.51. The number of benzene rings is 1. The van der Waals surface area contributed by atoms with Gasteiger partial charge in [-0.05, 0) is 44.2 Å². The first-order chi connectivity index (χ1) is 10.1. The molecule has 0 spiro atoms. The van der Waals surface area contributed by atoms with Crippen molar-refractivity contribution in [2.24, 2.45) is 5.92 Å². The number of aryl methyl sites for hydroxylation is 2. The number of nitrogens with zero attached hydrogens (tertiary/aromatic N) is 2. The van der Waals surface area contributed by atoms with Crippen molar-refractivity contribution in [2.75, 3.05) is 39.3 Å². The van der Waals surface area contributed by atoms with E-state index in [2.05, 4.69) is 21.9 Å². The summed E-state index contributed by atoms with van der Waals surface area (Å²) in [6.07, 6.45) is 2.84. The van der Waals surface area contributed by atoms with Crippen LogP contribution in [0.2, 0.25) is 0 Å². The van der Waals surface area contributed by atoms with Crippen molar-refractivity contribution in [1.82, 2.24) is 9.80 Å². The number of piperazine rings is 1. The topological polar surface area (TPSA) is 23.6 Å². The molecule has 1 saturated carbocycles. The highest BCUT2D eigenvalue weighted by Crippen LogP contribution is 2.29. The standard InChI is InChI=1S/C18H26N2O/c1-14-3-4-15(2)17(11-14)18(21)13-20-9-7-19(8-10-20)12-16-5-6-16/h3-4,11,16H,5-10,12-13H2,1-2H3. The molecule has 1 aliphatic heterocycles. The van der Waals surface area contributed by atoms with Crippen molar-refractivity contribution in [2.45, 2.75) is 26.7 Å². The zero-order valence-corrected chi connectivity index (χ0v) is 13.3. The van der Waals surface area contributed by atoms with Crippen molar-refractivity contribution < 1.29 is 4.79 Å². The predicted molar refractivity (Wildman–Crippen MR) is 85.9 cm³/mol. The van der Waals surface area contributed by atoms with Gasteiger partial charge in [0.15, 0.2) is 5.78 Å². The van der Waals surface area contributed by atoms with Crippen molar-refractivity contribution in [3.63, 3.8) is 0 Å². The van der Waals surface area contributed by atoms with E-state index in [1.807, 2.05) is 19.9 Å². The van der Waals surface area contributed by atoms with E-state index in [1.165, 1.54) is 24.9 Å². The Labute approximate surface area is 127 Å². The van der Waals surface area contributed by atoms with E-state index in [1.54, 1.807) is 0 Å². The maximum absolute atomic E-state index is 12.5. The van der Waals surface area contributed by atoms with E-state index in [0.717, 1.165) is 43.2 Å². The third-order valence-electron chi connectivity index (χ3n) is 4.74. The SMILES string of the molecule is Cc1ccc(C)c(C(=O)CN2CCN(CC3CC3)CC2)c1. The summed E-state index contributed by atoms with van der Waals surface area (Å²) in [6, 6.07) is 6.15. The molecule has 1 heterocycles. The number of carbonyl (C=O) groups is 1. The molecule has 0 N–H and O–H groups in total. The zero-order valence-electron chi connectivity index (χ0n) is 13.3. The Hall–Kier alpha value is -1.19. The van der Waals surface area contributed by atoms with Crippen LogP contribution in [0, 0.1) is 19.8 Å². The highest BCUT2D eigenvalue weighted by molar-refractivity contribution is 5.99. The van der Waals surface area contributed by atoms with E-state index in [0.29, 0.717) is 6.54 Å². The molecule has 0 bridgehead atoms. The van der Waals surface area contributed by atoms with Gasteiger partial charge < -0.3 is 4.90 Å². The van der Waals surface area contributed by atoms with Gasteiger partial charge in [-0.1, -0.05) is 17.7 Å². The minimum absolute atomic E-state index is 0.270. The van der Waals surface area contributed by atoms with Gasteiger partial charge in [-0.3, -0.25) is 9.69 Å². The molecule has 1 saturated heterocycles. The Morgan fingerprint density at radius 1 is 1.10 bits per heavy atom. The van der Waals surface area contributed by atoms with E-state index in [4.69, 9.17) is 0 Å². The fourth-order valence-electron chi connectivity index (χ4n) is 3.12. The fourth-order valence-corrected chi connectivity index (χ4v) is 3.12. The van der Waals surface area contributed by atoms with Crippen LogP contribution in [0.25, 0.3) is 0 Å². The van der Waals surface area contributed by atoms with E-state index < -0.39 is 0 Å². The number of carbonyl (C=O) groups excluding carboxylic acids is 1.